The van der Waals surface area contributed by atoms with E-state index in [1.807, 2.05) is 54.6 Å². The van der Waals surface area contributed by atoms with Crippen LogP contribution in [0.2, 0.25) is 0 Å². The molecule has 1 N–H and O–H groups in total. The van der Waals surface area contributed by atoms with Crippen LogP contribution < -0.4 is 15.1 Å². The number of nitrogens with one attached hydrogen (secondary N) is 1. The van der Waals surface area contributed by atoms with E-state index in [2.05, 4.69) is 5.10 Å². The Balaban J connectivity index is 2.07. The van der Waals surface area contributed by atoms with Gasteiger partial charge in [0.25, 0.3) is 6.33 Å². The number of ether oxygens (including phenoxy) is 1. The summed E-state index contributed by atoms with van der Waals surface area (Å²) in [5.41, 5.74) is 1.44. The van der Waals surface area contributed by atoms with Crippen molar-refractivity contribution in [2.45, 2.75) is 0 Å². The maximum atomic E-state index is 12.1. The zero-order chi connectivity index (χ0) is 13.9. The third kappa shape index (κ3) is 2.21. The highest BCUT2D eigenvalue weighted by molar-refractivity contribution is 5.38. The molecule has 0 aliphatic heterocycles. The fourth-order valence-corrected chi connectivity index (χ4v) is 2.02. The van der Waals surface area contributed by atoms with Crippen LogP contribution in [0.15, 0.2) is 65.7 Å². The Morgan fingerprint density at radius 3 is 2.65 bits per heavy atom. The first-order chi connectivity index (χ1) is 9.78. The topological polar surface area (TPSA) is 50.9 Å². The van der Waals surface area contributed by atoms with E-state index in [4.69, 9.17) is 4.74 Å². The van der Waals surface area contributed by atoms with Crippen molar-refractivity contribution in [3.05, 3.63) is 71.4 Å². The molecule has 0 atom stereocenters. The van der Waals surface area contributed by atoms with Gasteiger partial charge in [0.15, 0.2) is 5.69 Å². The van der Waals surface area contributed by atoms with Crippen LogP contribution in [0.25, 0.3) is 11.4 Å². The van der Waals surface area contributed by atoms with Crippen molar-refractivity contribution in [2.24, 2.45) is 0 Å². The molecule has 100 valence electrons. The summed E-state index contributed by atoms with van der Waals surface area (Å²) in [6.07, 6.45) is 1.71. The number of nitrogens with zero attached hydrogens (tertiary/aromatic N) is 2. The van der Waals surface area contributed by atoms with Gasteiger partial charge in [0.05, 0.1) is 7.11 Å². The van der Waals surface area contributed by atoms with Crippen LogP contribution in [-0.4, -0.2) is 16.8 Å². The smallest absolute Gasteiger partial charge is 0.449 e. The Kier molecular flexibility index (Phi) is 3.09. The molecule has 20 heavy (non-hydrogen) atoms. The number of aromatic nitrogens is 3. The molecular weight excluding hydrogens is 254 g/mol. The molecule has 0 saturated heterocycles. The molecule has 0 bridgehead atoms. The first-order valence-corrected chi connectivity index (χ1v) is 6.21. The van der Waals surface area contributed by atoms with Gasteiger partial charge in [-0.15, -0.1) is 14.3 Å². The number of hydrogen-bond donors (Lipinski definition) is 1. The molecule has 0 aliphatic rings. The summed E-state index contributed by atoms with van der Waals surface area (Å²) in [6, 6.07) is 17.0. The SMILES string of the molecule is COc1cccc(-n2c[n+](-c3ccccc3)[nH]c2=O)c1. The molecule has 0 unspecified atom stereocenters. The second kappa shape index (κ2) is 5.05. The zero-order valence-electron chi connectivity index (χ0n) is 11.0. The highest BCUT2D eigenvalue weighted by Gasteiger charge is 2.14. The Labute approximate surface area is 115 Å². The van der Waals surface area contributed by atoms with Crippen LogP contribution in [0, 0.1) is 0 Å². The van der Waals surface area contributed by atoms with E-state index in [1.54, 1.807) is 18.1 Å². The summed E-state index contributed by atoms with van der Waals surface area (Å²) in [6.45, 7) is 0. The van der Waals surface area contributed by atoms with E-state index in [0.717, 1.165) is 11.4 Å². The highest BCUT2D eigenvalue weighted by atomic mass is 16.5. The van der Waals surface area contributed by atoms with Crippen molar-refractivity contribution in [1.29, 1.82) is 0 Å². The van der Waals surface area contributed by atoms with Crippen molar-refractivity contribution in [3.63, 3.8) is 0 Å². The van der Waals surface area contributed by atoms with Crippen LogP contribution in [0.5, 0.6) is 5.75 Å². The van der Waals surface area contributed by atoms with Crippen LogP contribution in [0.1, 0.15) is 0 Å². The first kappa shape index (κ1) is 12.2. The molecule has 0 radical (unpaired) electrons. The monoisotopic (exact) mass is 268 g/mol. The molecule has 1 heterocycles. The maximum absolute atomic E-state index is 12.1. The molecule has 0 saturated carbocycles. The average molecular weight is 268 g/mol. The maximum Gasteiger partial charge on any atom is 0.449 e. The van der Waals surface area contributed by atoms with Crippen LogP contribution in [0.3, 0.4) is 0 Å². The summed E-state index contributed by atoms with van der Waals surface area (Å²) in [7, 11) is 1.60. The van der Waals surface area contributed by atoms with Crippen molar-refractivity contribution in [1.82, 2.24) is 9.67 Å². The molecule has 0 spiro atoms. The van der Waals surface area contributed by atoms with Gasteiger partial charge >= 0.3 is 5.69 Å². The summed E-state index contributed by atoms with van der Waals surface area (Å²) >= 11 is 0. The second-order valence-corrected chi connectivity index (χ2v) is 4.31. The van der Waals surface area contributed by atoms with Gasteiger partial charge in [-0.25, -0.2) is 4.79 Å². The lowest BCUT2D eigenvalue weighted by Gasteiger charge is -1.99. The van der Waals surface area contributed by atoms with Crippen molar-refractivity contribution in [2.75, 3.05) is 7.11 Å². The molecule has 3 aromatic rings. The quantitative estimate of drug-likeness (QED) is 0.731. The van der Waals surface area contributed by atoms with Crippen molar-refractivity contribution >= 4 is 0 Å². The van der Waals surface area contributed by atoms with Gasteiger partial charge in [-0.1, -0.05) is 24.3 Å². The van der Waals surface area contributed by atoms with Crippen molar-refractivity contribution < 1.29 is 9.42 Å². The Hall–Kier alpha value is -2.82. The summed E-state index contributed by atoms with van der Waals surface area (Å²) < 4.78 is 8.39. The van der Waals surface area contributed by atoms with Gasteiger partial charge in [-0.3, -0.25) is 0 Å². The number of aromatic amines is 1. The minimum atomic E-state index is -0.206. The third-order valence-electron chi connectivity index (χ3n) is 3.03. The standard InChI is InChI=1S/C15H13N3O2/c1-20-14-9-5-8-13(10-14)17-11-18(16-15(17)19)12-6-3-2-4-7-12/h2-11H,1H3/p+1. The van der Waals surface area contributed by atoms with Gasteiger partial charge < -0.3 is 4.74 Å². The molecule has 1 aromatic heterocycles. The largest absolute Gasteiger partial charge is 0.497 e. The number of rotatable bonds is 3. The fourth-order valence-electron chi connectivity index (χ4n) is 2.02. The van der Waals surface area contributed by atoms with Gasteiger partial charge in [0.1, 0.15) is 11.4 Å². The lowest BCUT2D eigenvalue weighted by atomic mass is 10.3. The van der Waals surface area contributed by atoms with Crippen LogP contribution in [-0.2, 0) is 0 Å². The lowest BCUT2D eigenvalue weighted by Crippen LogP contribution is -2.33. The van der Waals surface area contributed by atoms with E-state index in [-0.39, 0.29) is 5.69 Å². The van der Waals surface area contributed by atoms with Gasteiger partial charge in [0.2, 0.25) is 0 Å². The van der Waals surface area contributed by atoms with E-state index in [0.29, 0.717) is 5.75 Å². The first-order valence-electron chi connectivity index (χ1n) is 6.21. The normalized spacial score (nSPS) is 10.4. The molecule has 5 nitrogen and oxygen atoms in total. The van der Waals surface area contributed by atoms with Crippen LogP contribution >= 0.6 is 0 Å². The van der Waals surface area contributed by atoms with E-state index >= 15 is 0 Å². The Bertz CT molecular complexity index is 775. The second-order valence-electron chi connectivity index (χ2n) is 4.31. The zero-order valence-corrected chi connectivity index (χ0v) is 11.0. The number of H-pyrrole nitrogens is 1. The Morgan fingerprint density at radius 1 is 1.10 bits per heavy atom. The molecule has 5 heteroatoms. The molecule has 0 aliphatic carbocycles. The van der Waals surface area contributed by atoms with Gasteiger partial charge in [-0.05, 0) is 24.3 Å². The molecule has 0 amide bonds. The highest BCUT2D eigenvalue weighted by Crippen LogP contribution is 2.14. The van der Waals surface area contributed by atoms with Gasteiger partial charge in [0, 0.05) is 6.07 Å². The average Bonchev–Trinajstić information content (AvgIpc) is 2.90. The predicted molar refractivity (Wildman–Crippen MR) is 74.5 cm³/mol. The van der Waals surface area contributed by atoms with Crippen molar-refractivity contribution in [3.8, 4) is 17.1 Å². The fraction of sp³-hybridized carbons (Fsp3) is 0.0667. The molecule has 3 rings (SSSR count). The number of benzene rings is 2. The minimum absolute atomic E-state index is 0.206. The third-order valence-corrected chi connectivity index (χ3v) is 3.03. The molecule has 0 fully saturated rings. The number of methoxy groups -OCH3 is 1. The Morgan fingerprint density at radius 2 is 1.90 bits per heavy atom. The number of para-hydroxylation sites is 1. The number of hydrogen-bond acceptors (Lipinski definition) is 2. The minimum Gasteiger partial charge on any atom is -0.497 e. The summed E-state index contributed by atoms with van der Waals surface area (Å²) in [5.74, 6) is 0.710. The summed E-state index contributed by atoms with van der Waals surface area (Å²) in [5, 5.41) is 2.78. The molecular formula is C15H14N3O2+. The van der Waals surface area contributed by atoms with Crippen LogP contribution in [0.4, 0.5) is 0 Å². The lowest BCUT2D eigenvalue weighted by molar-refractivity contribution is -0.658. The van der Waals surface area contributed by atoms with E-state index in [1.165, 1.54) is 4.57 Å². The van der Waals surface area contributed by atoms with E-state index < -0.39 is 0 Å². The summed E-state index contributed by atoms with van der Waals surface area (Å²) in [4.78, 5) is 12.1. The predicted octanol–water partition coefficient (Wildman–Crippen LogP) is 1.45. The van der Waals surface area contributed by atoms with E-state index in [9.17, 15) is 4.79 Å². The van der Waals surface area contributed by atoms with Gasteiger partial charge in [-0.2, -0.15) is 0 Å². The molecule has 2 aromatic carbocycles.